The SMILES string of the molecule is Cc1nn(C(C)(C)C)c(=O)n1Cc1csc(C2CC2)n1. The van der Waals surface area contributed by atoms with E-state index >= 15 is 0 Å². The fourth-order valence-electron chi connectivity index (χ4n) is 2.19. The third-order valence-electron chi connectivity index (χ3n) is 3.50. The van der Waals surface area contributed by atoms with Crippen molar-refractivity contribution in [2.45, 2.75) is 58.5 Å². The zero-order chi connectivity index (χ0) is 14.5. The first-order valence-electron chi connectivity index (χ1n) is 6.97. The van der Waals surface area contributed by atoms with Gasteiger partial charge in [0.25, 0.3) is 0 Å². The standard InChI is InChI=1S/C14H20N4OS/c1-9-16-18(14(2,3)4)13(19)17(9)7-11-8-20-12(15-11)10-5-6-10/h8,10H,5-7H2,1-4H3. The molecule has 1 aliphatic carbocycles. The van der Waals surface area contributed by atoms with Crippen LogP contribution in [0.2, 0.25) is 0 Å². The van der Waals surface area contributed by atoms with Gasteiger partial charge in [0.15, 0.2) is 0 Å². The number of aromatic nitrogens is 4. The highest BCUT2D eigenvalue weighted by Gasteiger charge is 2.27. The van der Waals surface area contributed by atoms with Crippen LogP contribution in [0, 0.1) is 6.92 Å². The Bertz CT molecular complexity index is 685. The molecule has 0 aliphatic heterocycles. The number of thiazole rings is 1. The van der Waals surface area contributed by atoms with E-state index in [1.54, 1.807) is 20.6 Å². The highest BCUT2D eigenvalue weighted by Crippen LogP contribution is 2.41. The van der Waals surface area contributed by atoms with Crippen molar-refractivity contribution in [3.05, 3.63) is 32.4 Å². The quantitative estimate of drug-likeness (QED) is 0.873. The Morgan fingerprint density at radius 3 is 2.65 bits per heavy atom. The zero-order valence-corrected chi connectivity index (χ0v) is 13.2. The molecule has 0 bridgehead atoms. The number of nitrogens with zero attached hydrogens (tertiary/aromatic N) is 4. The van der Waals surface area contributed by atoms with Gasteiger partial charge in [-0.1, -0.05) is 0 Å². The van der Waals surface area contributed by atoms with Crippen molar-refractivity contribution in [3.8, 4) is 0 Å². The summed E-state index contributed by atoms with van der Waals surface area (Å²) in [6, 6.07) is 0. The maximum atomic E-state index is 12.4. The minimum atomic E-state index is -0.297. The summed E-state index contributed by atoms with van der Waals surface area (Å²) in [4.78, 5) is 17.1. The van der Waals surface area contributed by atoms with E-state index in [0.29, 0.717) is 12.5 Å². The Hall–Kier alpha value is -1.43. The average molecular weight is 292 g/mol. The molecule has 0 atom stereocenters. The van der Waals surface area contributed by atoms with E-state index in [-0.39, 0.29) is 11.2 Å². The molecule has 0 aromatic carbocycles. The van der Waals surface area contributed by atoms with E-state index in [4.69, 9.17) is 0 Å². The van der Waals surface area contributed by atoms with Crippen molar-refractivity contribution in [2.75, 3.05) is 0 Å². The van der Waals surface area contributed by atoms with Crippen LogP contribution in [0.15, 0.2) is 10.2 Å². The second-order valence-corrected chi connectivity index (χ2v) is 7.34. The van der Waals surface area contributed by atoms with Gasteiger partial charge in [-0.3, -0.25) is 4.57 Å². The van der Waals surface area contributed by atoms with Gasteiger partial charge in [-0.25, -0.2) is 14.5 Å². The fraction of sp³-hybridized carbons (Fsp3) is 0.643. The van der Waals surface area contributed by atoms with E-state index < -0.39 is 0 Å². The van der Waals surface area contributed by atoms with Gasteiger partial charge < -0.3 is 0 Å². The average Bonchev–Trinajstić information content (AvgIpc) is 3.04. The van der Waals surface area contributed by atoms with Gasteiger partial charge in [0.05, 0.1) is 22.8 Å². The van der Waals surface area contributed by atoms with Crippen LogP contribution in [0.1, 0.15) is 56.1 Å². The van der Waals surface area contributed by atoms with Gasteiger partial charge in [0, 0.05) is 11.3 Å². The van der Waals surface area contributed by atoms with E-state index in [0.717, 1.165) is 11.5 Å². The van der Waals surface area contributed by atoms with Crippen LogP contribution in [0.5, 0.6) is 0 Å². The lowest BCUT2D eigenvalue weighted by molar-refractivity contribution is 0.340. The second-order valence-electron chi connectivity index (χ2n) is 6.45. The summed E-state index contributed by atoms with van der Waals surface area (Å²) in [5, 5.41) is 7.65. The zero-order valence-electron chi connectivity index (χ0n) is 12.4. The van der Waals surface area contributed by atoms with Crippen LogP contribution in [0.4, 0.5) is 0 Å². The first-order chi connectivity index (χ1) is 9.36. The molecule has 0 unspecified atom stereocenters. The van der Waals surface area contributed by atoms with Crippen molar-refractivity contribution in [1.29, 1.82) is 0 Å². The Morgan fingerprint density at radius 1 is 1.40 bits per heavy atom. The van der Waals surface area contributed by atoms with Gasteiger partial charge in [-0.2, -0.15) is 5.10 Å². The molecular formula is C14H20N4OS. The molecule has 1 saturated carbocycles. The molecule has 108 valence electrons. The summed E-state index contributed by atoms with van der Waals surface area (Å²) < 4.78 is 3.26. The lowest BCUT2D eigenvalue weighted by atomic mass is 10.1. The van der Waals surface area contributed by atoms with Gasteiger partial charge >= 0.3 is 5.69 Å². The first-order valence-corrected chi connectivity index (χ1v) is 7.85. The predicted molar refractivity (Wildman–Crippen MR) is 79.4 cm³/mol. The fourth-order valence-corrected chi connectivity index (χ4v) is 3.17. The molecule has 0 saturated heterocycles. The molecule has 20 heavy (non-hydrogen) atoms. The summed E-state index contributed by atoms with van der Waals surface area (Å²) in [5.74, 6) is 1.41. The minimum Gasteiger partial charge on any atom is -0.273 e. The molecule has 3 rings (SSSR count). The van der Waals surface area contributed by atoms with Crippen LogP contribution in [0.25, 0.3) is 0 Å². The summed E-state index contributed by atoms with van der Waals surface area (Å²) in [6.07, 6.45) is 2.52. The summed E-state index contributed by atoms with van der Waals surface area (Å²) in [6.45, 7) is 8.35. The molecular weight excluding hydrogens is 272 g/mol. The van der Waals surface area contributed by atoms with Gasteiger partial charge in [0.2, 0.25) is 0 Å². The van der Waals surface area contributed by atoms with Crippen molar-refractivity contribution in [3.63, 3.8) is 0 Å². The third kappa shape index (κ3) is 2.44. The number of hydrogen-bond acceptors (Lipinski definition) is 4. The second kappa shape index (κ2) is 4.55. The maximum absolute atomic E-state index is 12.4. The lowest BCUT2D eigenvalue weighted by Gasteiger charge is -2.16. The van der Waals surface area contributed by atoms with Gasteiger partial charge in [-0.15, -0.1) is 11.3 Å². The summed E-state index contributed by atoms with van der Waals surface area (Å²) in [7, 11) is 0. The molecule has 6 heteroatoms. The molecule has 2 heterocycles. The Labute approximate surface area is 122 Å². The summed E-state index contributed by atoms with van der Waals surface area (Å²) >= 11 is 1.71. The molecule has 5 nitrogen and oxygen atoms in total. The number of rotatable bonds is 3. The maximum Gasteiger partial charge on any atom is 0.346 e. The largest absolute Gasteiger partial charge is 0.346 e. The number of aryl methyl sites for hydroxylation is 1. The molecule has 0 N–H and O–H groups in total. The smallest absolute Gasteiger partial charge is 0.273 e. The molecule has 1 aliphatic rings. The third-order valence-corrected chi connectivity index (χ3v) is 4.56. The highest BCUT2D eigenvalue weighted by molar-refractivity contribution is 7.09. The topological polar surface area (TPSA) is 52.7 Å². The van der Waals surface area contributed by atoms with Crippen LogP contribution < -0.4 is 5.69 Å². The Balaban J connectivity index is 1.90. The van der Waals surface area contributed by atoms with E-state index in [1.165, 1.54) is 17.8 Å². The van der Waals surface area contributed by atoms with E-state index in [9.17, 15) is 4.79 Å². The van der Waals surface area contributed by atoms with E-state index in [1.807, 2.05) is 27.7 Å². The Kier molecular flexibility index (Phi) is 3.08. The van der Waals surface area contributed by atoms with Crippen molar-refractivity contribution >= 4 is 11.3 Å². The first kappa shape index (κ1) is 13.5. The van der Waals surface area contributed by atoms with E-state index in [2.05, 4.69) is 15.5 Å². The summed E-state index contributed by atoms with van der Waals surface area (Å²) in [5.41, 5.74) is 0.612. The lowest BCUT2D eigenvalue weighted by Crippen LogP contribution is -2.36. The van der Waals surface area contributed by atoms with Crippen molar-refractivity contribution < 1.29 is 0 Å². The van der Waals surface area contributed by atoms with Crippen LogP contribution in [-0.2, 0) is 12.1 Å². The van der Waals surface area contributed by atoms with Crippen LogP contribution >= 0.6 is 11.3 Å². The van der Waals surface area contributed by atoms with Crippen molar-refractivity contribution in [1.82, 2.24) is 19.3 Å². The Morgan fingerprint density at radius 2 is 2.10 bits per heavy atom. The minimum absolute atomic E-state index is 0.0593. The molecule has 2 aromatic rings. The van der Waals surface area contributed by atoms with Gasteiger partial charge in [0.1, 0.15) is 5.82 Å². The number of hydrogen-bond donors (Lipinski definition) is 0. The molecule has 0 radical (unpaired) electrons. The predicted octanol–water partition coefficient (Wildman–Crippen LogP) is 2.49. The monoisotopic (exact) mass is 292 g/mol. The van der Waals surface area contributed by atoms with Crippen LogP contribution in [0.3, 0.4) is 0 Å². The van der Waals surface area contributed by atoms with Gasteiger partial charge in [-0.05, 0) is 40.5 Å². The van der Waals surface area contributed by atoms with Crippen LogP contribution in [-0.4, -0.2) is 19.3 Å². The molecule has 2 aromatic heterocycles. The molecule has 1 fully saturated rings. The normalized spacial score (nSPS) is 15.8. The van der Waals surface area contributed by atoms with Crippen molar-refractivity contribution in [2.24, 2.45) is 0 Å². The molecule has 0 amide bonds. The highest BCUT2D eigenvalue weighted by atomic mass is 32.1. The molecule has 0 spiro atoms.